The van der Waals surface area contributed by atoms with E-state index in [4.69, 9.17) is 4.42 Å². The molecule has 12 aromatic rings. The molecule has 5 nitrogen and oxygen atoms in total. The van der Waals surface area contributed by atoms with Gasteiger partial charge >= 0.3 is 0 Å². The molecule has 0 atom stereocenters. The Hall–Kier alpha value is -8.23. The van der Waals surface area contributed by atoms with E-state index in [0.717, 1.165) is 45.3 Å². The topological polar surface area (TPSA) is 26.1 Å². The number of hydrogen-bond acceptors (Lipinski definition) is 7. The van der Waals surface area contributed by atoms with E-state index in [1.54, 1.807) is 0 Å². The summed E-state index contributed by atoms with van der Waals surface area (Å²) in [6, 6.07) is 80.2. The average molecular weight is 915 g/mol. The van der Waals surface area contributed by atoms with Crippen molar-refractivity contribution in [3.8, 4) is 0 Å². The summed E-state index contributed by atoms with van der Waals surface area (Å²) in [5, 5.41) is 3.76. The predicted octanol–water partition coefficient (Wildman–Crippen LogP) is 13.0. The summed E-state index contributed by atoms with van der Waals surface area (Å²) in [4.78, 5) is 10.1. The minimum Gasteiger partial charge on any atom is -0.440 e. The molecule has 0 spiro atoms. The molecule has 4 aliphatic rings. The van der Waals surface area contributed by atoms with Crippen molar-refractivity contribution in [1.29, 1.82) is 0 Å². The Balaban J connectivity index is 1.06. The number of hydrogen-bond donors (Lipinski definition) is 0. The van der Waals surface area contributed by atoms with Crippen molar-refractivity contribution in [3.05, 3.63) is 218 Å². The summed E-state index contributed by atoms with van der Waals surface area (Å²) in [5.74, 6) is 0.876. The number of thiophene rings is 2. The first-order valence-corrected chi connectivity index (χ1v) is 25.2. The Labute approximate surface area is 407 Å². The molecule has 9 heteroatoms. The number of furan rings is 1. The first kappa shape index (κ1) is 37.8. The van der Waals surface area contributed by atoms with Crippen LogP contribution in [0.3, 0.4) is 0 Å². The summed E-state index contributed by atoms with van der Waals surface area (Å²) in [5.41, 5.74) is 18.9. The van der Waals surface area contributed by atoms with Crippen LogP contribution in [0.5, 0.6) is 0 Å². The average Bonchev–Trinajstić information content (AvgIpc) is 4.11. The quantitative estimate of drug-likeness (QED) is 0.164. The molecule has 0 unspecified atom stereocenters. The zero-order valence-corrected chi connectivity index (χ0v) is 38.6. The molecule has 3 aromatic heterocycles. The van der Waals surface area contributed by atoms with E-state index in [0.29, 0.717) is 0 Å². The van der Waals surface area contributed by atoms with E-state index < -0.39 is 0 Å². The van der Waals surface area contributed by atoms with Gasteiger partial charge in [-0.05, 0) is 113 Å². The Morgan fingerprint density at radius 1 is 0.333 bits per heavy atom. The number of para-hydroxylation sites is 5. The highest BCUT2D eigenvalue weighted by Crippen LogP contribution is 2.54. The summed E-state index contributed by atoms with van der Waals surface area (Å²) in [6.07, 6.45) is 0. The van der Waals surface area contributed by atoms with Gasteiger partial charge in [-0.15, -0.1) is 11.3 Å². The number of anilines is 12. The van der Waals surface area contributed by atoms with Crippen molar-refractivity contribution < 1.29 is 4.42 Å². The van der Waals surface area contributed by atoms with Gasteiger partial charge in [-0.2, -0.15) is 11.3 Å². The maximum Gasteiger partial charge on any atom is 0.269 e. The Bertz CT molecular complexity index is 4080. The summed E-state index contributed by atoms with van der Waals surface area (Å²) < 4.78 is 12.4. The van der Waals surface area contributed by atoms with Crippen molar-refractivity contribution >= 4 is 167 Å². The molecular formula is C60H36B2N4OS2. The predicted molar refractivity (Wildman–Crippen MR) is 295 cm³/mol. The van der Waals surface area contributed by atoms with Gasteiger partial charge in [0.25, 0.3) is 13.4 Å². The van der Waals surface area contributed by atoms with Gasteiger partial charge in [-0.3, -0.25) is 4.90 Å². The third-order valence-corrected chi connectivity index (χ3v) is 17.2. The lowest BCUT2D eigenvalue weighted by Gasteiger charge is -2.45. The molecule has 0 N–H and O–H groups in total. The highest BCUT2D eigenvalue weighted by molar-refractivity contribution is 7.39. The largest absolute Gasteiger partial charge is 0.440 e. The molecule has 0 saturated carbocycles. The molecule has 320 valence electrons. The number of benzene rings is 9. The Morgan fingerprint density at radius 3 is 1.43 bits per heavy atom. The molecule has 16 rings (SSSR count). The van der Waals surface area contributed by atoms with E-state index in [2.05, 4.69) is 238 Å². The summed E-state index contributed by atoms with van der Waals surface area (Å²) in [7, 11) is 0. The molecule has 0 aliphatic carbocycles. The van der Waals surface area contributed by atoms with Crippen LogP contribution in [0.15, 0.2) is 223 Å². The highest BCUT2D eigenvalue weighted by atomic mass is 32.1. The third-order valence-electron chi connectivity index (χ3n) is 14.8. The Morgan fingerprint density at radius 2 is 0.812 bits per heavy atom. The van der Waals surface area contributed by atoms with Gasteiger partial charge in [0.05, 0.1) is 11.4 Å². The molecule has 0 amide bonds. The molecule has 7 heterocycles. The first-order chi connectivity index (χ1) is 34.3. The van der Waals surface area contributed by atoms with E-state index in [9.17, 15) is 0 Å². The van der Waals surface area contributed by atoms with E-state index in [1.165, 1.54) is 85.7 Å². The lowest BCUT2D eigenvalue weighted by Crippen LogP contribution is -2.60. The van der Waals surface area contributed by atoms with Gasteiger partial charge < -0.3 is 19.1 Å². The third kappa shape index (κ3) is 5.10. The normalized spacial score (nSPS) is 13.9. The SMILES string of the molecule is c1ccc(N2c3cc4sc5ccccc5c4cc3B3c4sc5c(c4N(c4ccccc4)c4cccc2c43)N(c2ccccc2)c2cccc3c2B5c2c(oc4ccccc24)N3c2ccccc2)cc1. The molecule has 0 radical (unpaired) electrons. The van der Waals surface area contributed by atoms with E-state index in [-0.39, 0.29) is 13.4 Å². The van der Waals surface area contributed by atoms with Gasteiger partial charge in [0.15, 0.2) is 0 Å². The van der Waals surface area contributed by atoms with Crippen LogP contribution in [0.4, 0.5) is 68.4 Å². The maximum absolute atomic E-state index is 7.12. The fourth-order valence-corrected chi connectivity index (χ4v) is 14.8. The van der Waals surface area contributed by atoms with Crippen LogP contribution < -0.4 is 51.0 Å². The van der Waals surface area contributed by atoms with Crippen LogP contribution in [-0.2, 0) is 0 Å². The molecule has 0 fully saturated rings. The smallest absolute Gasteiger partial charge is 0.269 e. The minimum atomic E-state index is -0.118. The van der Waals surface area contributed by atoms with Crippen LogP contribution >= 0.6 is 22.7 Å². The van der Waals surface area contributed by atoms with E-state index in [1.807, 2.05) is 22.7 Å². The maximum atomic E-state index is 7.12. The second kappa shape index (κ2) is 14.2. The fraction of sp³-hybridized carbons (Fsp3) is 0. The van der Waals surface area contributed by atoms with Crippen molar-refractivity contribution in [2.75, 3.05) is 19.6 Å². The molecule has 69 heavy (non-hydrogen) atoms. The summed E-state index contributed by atoms with van der Waals surface area (Å²) >= 11 is 3.89. The monoisotopic (exact) mass is 914 g/mol. The number of fused-ring (bicyclic) bond motifs is 14. The van der Waals surface area contributed by atoms with Crippen molar-refractivity contribution in [1.82, 2.24) is 0 Å². The van der Waals surface area contributed by atoms with Gasteiger partial charge in [0.1, 0.15) is 5.58 Å². The number of rotatable bonds is 4. The molecule has 0 bridgehead atoms. The molecular weight excluding hydrogens is 878 g/mol. The van der Waals surface area contributed by atoms with Crippen LogP contribution in [0.25, 0.3) is 31.1 Å². The second-order valence-corrected chi connectivity index (χ2v) is 20.5. The van der Waals surface area contributed by atoms with Crippen LogP contribution in [-0.4, -0.2) is 13.4 Å². The van der Waals surface area contributed by atoms with Crippen molar-refractivity contribution in [3.63, 3.8) is 0 Å². The molecule has 9 aromatic carbocycles. The molecule has 4 aliphatic heterocycles. The van der Waals surface area contributed by atoms with Crippen molar-refractivity contribution in [2.45, 2.75) is 0 Å². The first-order valence-electron chi connectivity index (χ1n) is 23.6. The van der Waals surface area contributed by atoms with Crippen molar-refractivity contribution in [2.24, 2.45) is 0 Å². The van der Waals surface area contributed by atoms with Gasteiger partial charge in [0, 0.05) is 86.4 Å². The lowest BCUT2D eigenvalue weighted by atomic mass is 9.35. The van der Waals surface area contributed by atoms with Crippen LogP contribution in [0.2, 0.25) is 0 Å². The van der Waals surface area contributed by atoms with Gasteiger partial charge in [-0.25, -0.2) is 0 Å². The van der Waals surface area contributed by atoms with Crippen LogP contribution in [0, 0.1) is 0 Å². The molecule has 0 saturated heterocycles. The Kier molecular flexibility index (Phi) is 7.76. The zero-order valence-electron chi connectivity index (χ0n) is 37.0. The van der Waals surface area contributed by atoms with Crippen LogP contribution in [0.1, 0.15) is 0 Å². The van der Waals surface area contributed by atoms with Gasteiger partial charge in [-0.1, -0.05) is 127 Å². The standard InChI is InChI=1S/C60H36B2N4OS2/c1-5-19-37(20-6-1)63-45-29-17-30-46-54(45)61(44-35-43-41-27-14-16-34-51(41)68-52(43)36-49(44)63)58-56(64(46)38-21-7-2-8-22-38)57-59(69-58)62-53-42-28-13-15-33-50(42)67-60(53)66(40-25-11-4-12-26-40)48-32-18-31-47(55(48)62)65(57)39-23-9-3-10-24-39/h1-36H. The van der Waals surface area contributed by atoms with E-state index >= 15 is 0 Å². The highest BCUT2D eigenvalue weighted by Gasteiger charge is 2.53. The summed E-state index contributed by atoms with van der Waals surface area (Å²) in [6.45, 7) is -0.183. The zero-order chi connectivity index (χ0) is 44.9. The lowest BCUT2D eigenvalue weighted by molar-refractivity contribution is 0.623. The second-order valence-electron chi connectivity index (χ2n) is 18.3. The number of nitrogens with zero attached hydrogens (tertiary/aromatic N) is 4. The minimum absolute atomic E-state index is 0.0648. The van der Waals surface area contributed by atoms with Gasteiger partial charge in [0.2, 0.25) is 5.88 Å². The fourth-order valence-electron chi connectivity index (χ4n) is 12.1.